The van der Waals surface area contributed by atoms with Gasteiger partial charge in [-0.2, -0.15) is 0 Å². The van der Waals surface area contributed by atoms with Crippen LogP contribution in [0.2, 0.25) is 0 Å². The van der Waals surface area contributed by atoms with E-state index in [0.717, 1.165) is 5.56 Å². The Hall–Kier alpha value is -1.22. The van der Waals surface area contributed by atoms with Crippen molar-refractivity contribution >= 4 is 5.78 Å². The van der Waals surface area contributed by atoms with Crippen molar-refractivity contribution in [3.8, 4) is 0 Å². The first-order valence-corrected chi connectivity index (χ1v) is 4.51. The quantitative estimate of drug-likeness (QED) is 0.691. The molecule has 0 heterocycles. The molecule has 76 valence electrons. The molecule has 1 aromatic rings. The van der Waals surface area contributed by atoms with Crippen molar-refractivity contribution in [3.05, 3.63) is 35.1 Å². The number of hydrogen-bond acceptors (Lipinski definition) is 2. The van der Waals surface area contributed by atoms with Gasteiger partial charge in [0.1, 0.15) is 12.4 Å². The summed E-state index contributed by atoms with van der Waals surface area (Å²) in [6.45, 7) is 4.06. The molecule has 0 aliphatic carbocycles. The smallest absolute Gasteiger partial charge is 0.188 e. The summed E-state index contributed by atoms with van der Waals surface area (Å²) in [5.74, 6) is -0.570. The summed E-state index contributed by atoms with van der Waals surface area (Å²) < 4.78 is 17.9. The van der Waals surface area contributed by atoms with Gasteiger partial charge in [0.15, 0.2) is 5.78 Å². The van der Waals surface area contributed by atoms with Crippen molar-refractivity contribution in [2.24, 2.45) is 0 Å². The fraction of sp³-hybridized carbons (Fsp3) is 0.364. The van der Waals surface area contributed by atoms with Gasteiger partial charge in [-0.3, -0.25) is 4.79 Å². The Morgan fingerprint density at radius 1 is 1.43 bits per heavy atom. The number of rotatable bonds is 4. The van der Waals surface area contributed by atoms with E-state index in [-0.39, 0.29) is 18.2 Å². The molecule has 0 aromatic heterocycles. The van der Waals surface area contributed by atoms with Gasteiger partial charge in [-0.1, -0.05) is 0 Å². The molecule has 0 radical (unpaired) electrons. The molecule has 0 spiro atoms. The monoisotopic (exact) mass is 196 g/mol. The summed E-state index contributed by atoms with van der Waals surface area (Å²) in [6.07, 6.45) is 0. The predicted molar refractivity (Wildman–Crippen MR) is 52.0 cm³/mol. The average molecular weight is 196 g/mol. The number of halogens is 1. The first kappa shape index (κ1) is 10.9. The van der Waals surface area contributed by atoms with Crippen molar-refractivity contribution in [2.75, 3.05) is 13.2 Å². The normalized spacial score (nSPS) is 10.2. The number of Topliss-reactive ketones (excluding diaryl/α,β-unsaturated/α-hetero) is 1. The second kappa shape index (κ2) is 4.86. The minimum Gasteiger partial charge on any atom is -0.374 e. The fourth-order valence-corrected chi connectivity index (χ4v) is 1.18. The number of ether oxygens (including phenoxy) is 1. The standard InChI is InChI=1S/C11H13FO2/c1-3-14-7-11(13)9-4-8(2)5-10(12)6-9/h4-6H,3,7H2,1-2H3. The van der Waals surface area contributed by atoms with Crippen molar-refractivity contribution in [1.82, 2.24) is 0 Å². The van der Waals surface area contributed by atoms with E-state index in [4.69, 9.17) is 4.74 Å². The molecule has 2 nitrogen and oxygen atoms in total. The highest BCUT2D eigenvalue weighted by molar-refractivity contribution is 5.97. The maximum Gasteiger partial charge on any atom is 0.188 e. The number of ketones is 1. The van der Waals surface area contributed by atoms with Gasteiger partial charge in [0.25, 0.3) is 0 Å². The molecule has 3 heteroatoms. The summed E-state index contributed by atoms with van der Waals surface area (Å²) in [4.78, 5) is 11.4. The van der Waals surface area contributed by atoms with Crippen molar-refractivity contribution in [2.45, 2.75) is 13.8 Å². The molecule has 0 unspecified atom stereocenters. The lowest BCUT2D eigenvalue weighted by Gasteiger charge is -2.02. The molecule has 0 saturated carbocycles. The van der Waals surface area contributed by atoms with Crippen LogP contribution in [0.5, 0.6) is 0 Å². The Balaban J connectivity index is 2.79. The highest BCUT2D eigenvalue weighted by Gasteiger charge is 2.07. The average Bonchev–Trinajstić information content (AvgIpc) is 2.12. The van der Waals surface area contributed by atoms with Crippen molar-refractivity contribution in [1.29, 1.82) is 0 Å². The zero-order chi connectivity index (χ0) is 10.6. The molecule has 0 bridgehead atoms. The van der Waals surface area contributed by atoms with Crippen LogP contribution in [0.1, 0.15) is 22.8 Å². The Labute approximate surface area is 82.7 Å². The van der Waals surface area contributed by atoms with Gasteiger partial charge in [-0.05, 0) is 37.6 Å². The van der Waals surface area contributed by atoms with Crippen molar-refractivity contribution in [3.63, 3.8) is 0 Å². The van der Waals surface area contributed by atoms with Gasteiger partial charge < -0.3 is 4.74 Å². The third-order valence-corrected chi connectivity index (χ3v) is 1.80. The highest BCUT2D eigenvalue weighted by Crippen LogP contribution is 2.09. The fourth-order valence-electron chi connectivity index (χ4n) is 1.18. The topological polar surface area (TPSA) is 26.3 Å². The molecule has 1 aromatic carbocycles. The minimum absolute atomic E-state index is 0.0133. The van der Waals surface area contributed by atoms with Crippen LogP contribution in [-0.4, -0.2) is 19.0 Å². The number of carbonyl (C=O) groups is 1. The lowest BCUT2D eigenvalue weighted by atomic mass is 10.1. The Bertz CT molecular complexity index is 314. The maximum atomic E-state index is 12.9. The summed E-state index contributed by atoms with van der Waals surface area (Å²) in [5.41, 5.74) is 1.11. The molecule has 0 saturated heterocycles. The van der Waals surface area contributed by atoms with Crippen LogP contribution >= 0.6 is 0 Å². The highest BCUT2D eigenvalue weighted by atomic mass is 19.1. The minimum atomic E-state index is -0.384. The Kier molecular flexibility index (Phi) is 3.77. The number of hydrogen-bond donors (Lipinski definition) is 0. The third kappa shape index (κ3) is 2.92. The number of aryl methyl sites for hydroxylation is 1. The summed E-state index contributed by atoms with van der Waals surface area (Å²) >= 11 is 0. The summed E-state index contributed by atoms with van der Waals surface area (Å²) in [5, 5.41) is 0. The van der Waals surface area contributed by atoms with Gasteiger partial charge in [0, 0.05) is 12.2 Å². The molecule has 0 atom stereocenters. The SMILES string of the molecule is CCOCC(=O)c1cc(C)cc(F)c1. The molecule has 0 N–H and O–H groups in total. The molecule has 1 rings (SSSR count). The lowest BCUT2D eigenvalue weighted by Crippen LogP contribution is -2.09. The molecule has 0 aliphatic rings. The zero-order valence-corrected chi connectivity index (χ0v) is 8.34. The molecular weight excluding hydrogens is 183 g/mol. The van der Waals surface area contributed by atoms with Crippen LogP contribution in [0, 0.1) is 12.7 Å². The second-order valence-corrected chi connectivity index (χ2v) is 3.08. The zero-order valence-electron chi connectivity index (χ0n) is 8.34. The van der Waals surface area contributed by atoms with Crippen LogP contribution in [0.15, 0.2) is 18.2 Å². The van der Waals surface area contributed by atoms with Gasteiger partial charge in [0.2, 0.25) is 0 Å². The van der Waals surface area contributed by atoms with E-state index >= 15 is 0 Å². The Morgan fingerprint density at radius 2 is 2.14 bits per heavy atom. The first-order valence-electron chi connectivity index (χ1n) is 4.51. The van der Waals surface area contributed by atoms with Gasteiger partial charge in [0.05, 0.1) is 0 Å². The Morgan fingerprint density at radius 3 is 2.71 bits per heavy atom. The van der Waals surface area contributed by atoms with Crippen LogP contribution < -0.4 is 0 Å². The molecule has 0 aliphatic heterocycles. The summed E-state index contributed by atoms with van der Waals surface area (Å²) in [7, 11) is 0. The van der Waals surface area contributed by atoms with E-state index in [1.807, 2.05) is 6.92 Å². The number of benzene rings is 1. The van der Waals surface area contributed by atoms with Crippen LogP contribution in [0.25, 0.3) is 0 Å². The number of carbonyl (C=O) groups excluding carboxylic acids is 1. The van der Waals surface area contributed by atoms with E-state index in [1.165, 1.54) is 12.1 Å². The maximum absolute atomic E-state index is 12.9. The molecule has 14 heavy (non-hydrogen) atoms. The van der Waals surface area contributed by atoms with E-state index in [0.29, 0.717) is 12.2 Å². The van der Waals surface area contributed by atoms with Crippen molar-refractivity contribution < 1.29 is 13.9 Å². The van der Waals surface area contributed by atoms with E-state index in [2.05, 4.69) is 0 Å². The van der Waals surface area contributed by atoms with Crippen LogP contribution in [-0.2, 0) is 4.74 Å². The first-order chi connectivity index (χ1) is 6.63. The van der Waals surface area contributed by atoms with Gasteiger partial charge in [-0.25, -0.2) is 4.39 Å². The predicted octanol–water partition coefficient (Wildman–Crippen LogP) is 2.35. The molecule has 0 amide bonds. The van der Waals surface area contributed by atoms with Crippen LogP contribution in [0.4, 0.5) is 4.39 Å². The van der Waals surface area contributed by atoms with Gasteiger partial charge >= 0.3 is 0 Å². The van der Waals surface area contributed by atoms with Crippen LogP contribution in [0.3, 0.4) is 0 Å². The largest absolute Gasteiger partial charge is 0.374 e. The van der Waals surface area contributed by atoms with E-state index in [9.17, 15) is 9.18 Å². The lowest BCUT2D eigenvalue weighted by molar-refractivity contribution is 0.0783. The molecular formula is C11H13FO2. The summed E-state index contributed by atoms with van der Waals surface area (Å²) in [6, 6.07) is 4.27. The second-order valence-electron chi connectivity index (χ2n) is 3.08. The van der Waals surface area contributed by atoms with E-state index in [1.54, 1.807) is 13.0 Å². The van der Waals surface area contributed by atoms with E-state index < -0.39 is 0 Å². The van der Waals surface area contributed by atoms with Gasteiger partial charge in [-0.15, -0.1) is 0 Å². The third-order valence-electron chi connectivity index (χ3n) is 1.80. The molecule has 0 fully saturated rings.